The van der Waals surface area contributed by atoms with Crippen molar-refractivity contribution in [3.05, 3.63) is 71.8 Å². The average Bonchev–Trinajstić information content (AvgIpc) is 3.26. The molecule has 2 heterocycles. The third-order valence-corrected chi connectivity index (χ3v) is 7.23. The molecule has 0 unspecified atom stereocenters. The summed E-state index contributed by atoms with van der Waals surface area (Å²) >= 11 is 0. The molecule has 7 nitrogen and oxygen atoms in total. The van der Waals surface area contributed by atoms with Crippen molar-refractivity contribution in [3.63, 3.8) is 0 Å². The number of amides is 1. The molecule has 3 aromatic rings. The number of anilines is 1. The summed E-state index contributed by atoms with van der Waals surface area (Å²) in [7, 11) is -3.62. The van der Waals surface area contributed by atoms with Crippen molar-refractivity contribution in [2.45, 2.75) is 31.1 Å². The summed E-state index contributed by atoms with van der Waals surface area (Å²) in [6.07, 6.45) is 4.22. The monoisotopic (exact) mass is 442 g/mol. The minimum absolute atomic E-state index is 0.0898. The maximum absolute atomic E-state index is 14.0. The number of piperidine rings is 1. The number of para-hydroxylation sites is 1. The third kappa shape index (κ3) is 4.38. The van der Waals surface area contributed by atoms with Gasteiger partial charge in [-0.25, -0.2) is 17.5 Å². The first-order chi connectivity index (χ1) is 14.9. The molecule has 1 fully saturated rings. The highest BCUT2D eigenvalue weighted by Crippen LogP contribution is 2.25. The number of aryl methyl sites for hydroxylation is 1. The Morgan fingerprint density at radius 1 is 1.06 bits per heavy atom. The molecule has 0 bridgehead atoms. The van der Waals surface area contributed by atoms with Gasteiger partial charge < -0.3 is 5.32 Å². The van der Waals surface area contributed by atoms with Crippen molar-refractivity contribution in [1.29, 1.82) is 0 Å². The van der Waals surface area contributed by atoms with E-state index in [0.29, 0.717) is 18.8 Å². The van der Waals surface area contributed by atoms with Crippen LogP contribution in [0.4, 0.5) is 10.1 Å². The van der Waals surface area contributed by atoms with Gasteiger partial charge in [0, 0.05) is 25.0 Å². The first kappa shape index (κ1) is 21.2. The highest BCUT2D eigenvalue weighted by Gasteiger charge is 2.26. The van der Waals surface area contributed by atoms with Gasteiger partial charge in [0.05, 0.1) is 4.90 Å². The Balaban J connectivity index is 1.56. The minimum atomic E-state index is -3.62. The normalized spacial score (nSPS) is 15.0. The molecule has 0 spiro atoms. The lowest BCUT2D eigenvalue weighted by Crippen LogP contribution is -2.35. The summed E-state index contributed by atoms with van der Waals surface area (Å²) < 4.78 is 42.7. The van der Waals surface area contributed by atoms with Crippen LogP contribution < -0.4 is 5.32 Å². The maximum Gasteiger partial charge on any atom is 0.276 e. The Morgan fingerprint density at radius 3 is 2.55 bits per heavy atom. The number of benzene rings is 2. The van der Waals surface area contributed by atoms with Crippen LogP contribution >= 0.6 is 0 Å². The number of nitrogens with zero attached hydrogens (tertiary/aromatic N) is 3. The molecule has 0 radical (unpaired) electrons. The quantitative estimate of drug-likeness (QED) is 0.652. The molecule has 1 aromatic heterocycles. The topological polar surface area (TPSA) is 84.3 Å². The highest BCUT2D eigenvalue weighted by atomic mass is 32.2. The summed E-state index contributed by atoms with van der Waals surface area (Å²) in [4.78, 5) is 12.9. The predicted octanol–water partition coefficient (Wildman–Crippen LogP) is 3.75. The molecule has 1 saturated heterocycles. The van der Waals surface area contributed by atoms with Gasteiger partial charge in [-0.15, -0.1) is 0 Å². The maximum atomic E-state index is 14.0. The van der Waals surface area contributed by atoms with Crippen LogP contribution in [0.5, 0.6) is 0 Å². The zero-order chi connectivity index (χ0) is 22.0. The Kier molecular flexibility index (Phi) is 5.88. The van der Waals surface area contributed by atoms with E-state index < -0.39 is 21.7 Å². The first-order valence-electron chi connectivity index (χ1n) is 10.1. The van der Waals surface area contributed by atoms with Crippen molar-refractivity contribution in [2.24, 2.45) is 0 Å². The number of hydrogen-bond donors (Lipinski definition) is 1. The van der Waals surface area contributed by atoms with Gasteiger partial charge in [0.15, 0.2) is 5.69 Å². The fourth-order valence-electron chi connectivity index (χ4n) is 3.55. The summed E-state index contributed by atoms with van der Waals surface area (Å²) in [5.41, 5.74) is 1.43. The lowest BCUT2D eigenvalue weighted by atomic mass is 10.2. The van der Waals surface area contributed by atoms with Gasteiger partial charge in [0.2, 0.25) is 10.0 Å². The Labute approximate surface area is 180 Å². The summed E-state index contributed by atoms with van der Waals surface area (Å²) in [6, 6.07) is 12.3. The van der Waals surface area contributed by atoms with Crippen LogP contribution in [0, 0.1) is 12.7 Å². The first-order valence-corrected chi connectivity index (χ1v) is 11.5. The van der Waals surface area contributed by atoms with Crippen LogP contribution in [-0.4, -0.2) is 41.5 Å². The third-order valence-electron chi connectivity index (χ3n) is 5.33. The van der Waals surface area contributed by atoms with E-state index in [-0.39, 0.29) is 16.3 Å². The lowest BCUT2D eigenvalue weighted by molar-refractivity contribution is 0.102. The van der Waals surface area contributed by atoms with Crippen molar-refractivity contribution in [3.8, 4) is 5.69 Å². The summed E-state index contributed by atoms with van der Waals surface area (Å²) in [6.45, 7) is 2.79. The second-order valence-electron chi connectivity index (χ2n) is 7.49. The number of sulfonamides is 1. The van der Waals surface area contributed by atoms with E-state index in [0.717, 1.165) is 24.8 Å². The SMILES string of the molecule is Cc1ccc(S(=O)(=O)N2CCCCC2)cc1NC(=O)c1ccn(-c2ccccc2F)n1. The zero-order valence-electron chi connectivity index (χ0n) is 17.1. The number of carbonyl (C=O) groups is 1. The van der Waals surface area contributed by atoms with Crippen molar-refractivity contribution in [1.82, 2.24) is 14.1 Å². The molecule has 1 N–H and O–H groups in total. The molecular weight excluding hydrogens is 419 g/mol. The van der Waals surface area contributed by atoms with Crippen molar-refractivity contribution in [2.75, 3.05) is 18.4 Å². The largest absolute Gasteiger partial charge is 0.320 e. The van der Waals surface area contributed by atoms with Gasteiger partial charge >= 0.3 is 0 Å². The number of carbonyl (C=O) groups excluding carboxylic acids is 1. The van der Waals surface area contributed by atoms with Gasteiger partial charge in [-0.3, -0.25) is 4.79 Å². The zero-order valence-corrected chi connectivity index (χ0v) is 17.9. The van der Waals surface area contributed by atoms with Crippen LogP contribution in [0.1, 0.15) is 35.3 Å². The average molecular weight is 443 g/mol. The molecule has 0 atom stereocenters. The number of nitrogens with one attached hydrogen (secondary N) is 1. The van der Waals surface area contributed by atoms with Gasteiger partial charge in [-0.05, 0) is 55.7 Å². The van der Waals surface area contributed by atoms with E-state index in [2.05, 4.69) is 10.4 Å². The molecule has 0 aliphatic carbocycles. The van der Waals surface area contributed by atoms with Crippen LogP contribution in [0.15, 0.2) is 59.6 Å². The van der Waals surface area contributed by atoms with E-state index in [9.17, 15) is 17.6 Å². The van der Waals surface area contributed by atoms with Gasteiger partial charge in [-0.1, -0.05) is 24.6 Å². The Hall–Kier alpha value is -3.04. The molecule has 31 heavy (non-hydrogen) atoms. The van der Waals surface area contributed by atoms with E-state index >= 15 is 0 Å². The van der Waals surface area contributed by atoms with Gasteiger partial charge in [0.25, 0.3) is 5.91 Å². The smallest absolute Gasteiger partial charge is 0.276 e. The minimum Gasteiger partial charge on any atom is -0.320 e. The fourth-order valence-corrected chi connectivity index (χ4v) is 5.10. The molecule has 1 aliphatic heterocycles. The highest BCUT2D eigenvalue weighted by molar-refractivity contribution is 7.89. The number of hydrogen-bond acceptors (Lipinski definition) is 4. The predicted molar refractivity (Wildman–Crippen MR) is 115 cm³/mol. The molecule has 1 aliphatic rings. The second-order valence-corrected chi connectivity index (χ2v) is 9.43. The molecule has 0 saturated carbocycles. The molecule has 1 amide bonds. The van der Waals surface area contributed by atoms with Crippen LogP contribution in [-0.2, 0) is 10.0 Å². The Bertz CT molecular complexity index is 1220. The fraction of sp³-hybridized carbons (Fsp3) is 0.273. The Morgan fingerprint density at radius 2 is 1.81 bits per heavy atom. The number of halogens is 1. The molecule has 4 rings (SSSR count). The molecule has 2 aromatic carbocycles. The lowest BCUT2D eigenvalue weighted by Gasteiger charge is -2.26. The van der Waals surface area contributed by atoms with E-state index in [4.69, 9.17) is 0 Å². The number of rotatable bonds is 5. The van der Waals surface area contributed by atoms with Crippen LogP contribution in [0.2, 0.25) is 0 Å². The van der Waals surface area contributed by atoms with E-state index in [1.807, 2.05) is 0 Å². The standard InChI is InChI=1S/C22H23FN4O3S/c1-16-9-10-17(31(29,30)26-12-5-2-6-13-26)15-20(16)24-22(28)19-11-14-27(25-19)21-8-4-3-7-18(21)23/h3-4,7-11,14-15H,2,5-6,12-13H2,1H3,(H,24,28). The summed E-state index contributed by atoms with van der Waals surface area (Å²) in [5, 5.41) is 6.88. The molecule has 162 valence electrons. The second kappa shape index (κ2) is 8.60. The molecule has 9 heteroatoms. The molecular formula is C22H23FN4O3S. The van der Waals surface area contributed by atoms with Gasteiger partial charge in [0.1, 0.15) is 11.5 Å². The van der Waals surface area contributed by atoms with E-state index in [1.54, 1.807) is 37.3 Å². The number of aromatic nitrogens is 2. The van der Waals surface area contributed by atoms with Crippen molar-refractivity contribution < 1.29 is 17.6 Å². The van der Waals surface area contributed by atoms with Gasteiger partial charge in [-0.2, -0.15) is 9.40 Å². The van der Waals surface area contributed by atoms with Crippen LogP contribution in [0.3, 0.4) is 0 Å². The van der Waals surface area contributed by atoms with Crippen molar-refractivity contribution >= 4 is 21.6 Å². The summed E-state index contributed by atoms with van der Waals surface area (Å²) in [5.74, 6) is -0.963. The van der Waals surface area contributed by atoms with Crippen LogP contribution in [0.25, 0.3) is 5.69 Å². The van der Waals surface area contributed by atoms with E-state index in [1.165, 1.54) is 33.4 Å².